The van der Waals surface area contributed by atoms with E-state index < -0.39 is 11.7 Å². The molecule has 19 heavy (non-hydrogen) atoms. The van der Waals surface area contributed by atoms with Crippen molar-refractivity contribution in [2.45, 2.75) is 19.3 Å². The van der Waals surface area contributed by atoms with E-state index in [-0.39, 0.29) is 13.2 Å². The van der Waals surface area contributed by atoms with Gasteiger partial charge in [0.25, 0.3) is 0 Å². The normalized spacial score (nSPS) is 11.8. The highest BCUT2D eigenvalue weighted by molar-refractivity contribution is 5.38. The van der Waals surface area contributed by atoms with Gasteiger partial charge in [-0.1, -0.05) is 12.1 Å². The van der Waals surface area contributed by atoms with E-state index in [0.717, 1.165) is 12.1 Å². The Morgan fingerprint density at radius 3 is 2.32 bits per heavy atom. The molecular weight excluding hydrogens is 259 g/mol. The van der Waals surface area contributed by atoms with E-state index in [1.807, 2.05) is 0 Å². The Labute approximate surface area is 107 Å². The van der Waals surface area contributed by atoms with Crippen molar-refractivity contribution in [1.82, 2.24) is 9.78 Å². The highest BCUT2D eigenvalue weighted by atomic mass is 19.4. The topological polar surface area (TPSA) is 64.1 Å². The summed E-state index contributed by atoms with van der Waals surface area (Å²) in [7, 11) is 0. The number of nitrogens with zero attached hydrogens (tertiary/aromatic N) is 2. The summed E-state index contributed by atoms with van der Waals surface area (Å²) in [4.78, 5) is 0. The van der Waals surface area contributed by atoms with Crippen LogP contribution in [0.4, 0.5) is 19.0 Å². The number of rotatable bonds is 3. The Hall–Kier alpha value is -2.02. The number of hydrogen-bond donors (Lipinski definition) is 2. The lowest BCUT2D eigenvalue weighted by atomic mass is 10.1. The molecule has 4 nitrogen and oxygen atoms in total. The minimum Gasteiger partial charge on any atom is -0.391 e. The van der Waals surface area contributed by atoms with Gasteiger partial charge in [-0.2, -0.15) is 18.3 Å². The van der Waals surface area contributed by atoms with Crippen LogP contribution in [0.5, 0.6) is 0 Å². The number of benzene rings is 1. The standard InChI is InChI=1S/C12H12F3N3O/c13-12(14,15)10-3-1-8(2-4-10)6-18-11(16)9(7-19)5-17-18/h1-5,19H,6-7,16H2. The van der Waals surface area contributed by atoms with Gasteiger partial charge in [-0.25, -0.2) is 4.68 Å². The molecule has 2 aromatic rings. The van der Waals surface area contributed by atoms with E-state index in [9.17, 15) is 13.2 Å². The third-order valence-electron chi connectivity index (χ3n) is 2.74. The number of anilines is 1. The van der Waals surface area contributed by atoms with Crippen molar-refractivity contribution < 1.29 is 18.3 Å². The summed E-state index contributed by atoms with van der Waals surface area (Å²) in [6, 6.07) is 4.79. The summed E-state index contributed by atoms with van der Waals surface area (Å²) in [5.41, 5.74) is 6.17. The molecule has 0 amide bonds. The van der Waals surface area contributed by atoms with Crippen LogP contribution in [0.3, 0.4) is 0 Å². The molecule has 0 bridgehead atoms. The zero-order valence-electron chi connectivity index (χ0n) is 9.85. The molecule has 0 aliphatic carbocycles. The lowest BCUT2D eigenvalue weighted by Crippen LogP contribution is -2.08. The minimum atomic E-state index is -4.34. The summed E-state index contributed by atoms with van der Waals surface area (Å²) in [5.74, 6) is 0.308. The van der Waals surface area contributed by atoms with Crippen LogP contribution in [0.2, 0.25) is 0 Å². The summed E-state index contributed by atoms with van der Waals surface area (Å²) < 4.78 is 38.6. The first-order chi connectivity index (χ1) is 8.91. The predicted molar refractivity (Wildman–Crippen MR) is 63.1 cm³/mol. The molecule has 0 radical (unpaired) electrons. The summed E-state index contributed by atoms with van der Waals surface area (Å²) in [6.07, 6.45) is -2.91. The molecule has 1 aromatic carbocycles. The predicted octanol–water partition coefficient (Wildman–Crippen LogP) is 2.02. The maximum atomic E-state index is 12.4. The quantitative estimate of drug-likeness (QED) is 0.897. The number of hydrogen-bond acceptors (Lipinski definition) is 3. The smallest absolute Gasteiger partial charge is 0.391 e. The van der Waals surface area contributed by atoms with Gasteiger partial charge in [0, 0.05) is 5.56 Å². The fraction of sp³-hybridized carbons (Fsp3) is 0.250. The summed E-state index contributed by atoms with van der Waals surface area (Å²) >= 11 is 0. The van der Waals surface area contributed by atoms with Crippen LogP contribution in [0.15, 0.2) is 30.5 Å². The van der Waals surface area contributed by atoms with E-state index >= 15 is 0 Å². The molecule has 0 aliphatic heterocycles. The van der Waals surface area contributed by atoms with Gasteiger partial charge >= 0.3 is 6.18 Å². The van der Waals surface area contributed by atoms with E-state index in [2.05, 4.69) is 5.10 Å². The molecule has 0 aliphatic rings. The third-order valence-corrected chi connectivity index (χ3v) is 2.74. The van der Waals surface area contributed by atoms with Crippen LogP contribution in [0.25, 0.3) is 0 Å². The first-order valence-electron chi connectivity index (χ1n) is 5.49. The molecule has 0 spiro atoms. The molecule has 0 fully saturated rings. The van der Waals surface area contributed by atoms with Crippen LogP contribution in [-0.4, -0.2) is 14.9 Å². The van der Waals surface area contributed by atoms with Crippen LogP contribution >= 0.6 is 0 Å². The average Bonchev–Trinajstić information content (AvgIpc) is 2.70. The van der Waals surface area contributed by atoms with Crippen molar-refractivity contribution in [3.8, 4) is 0 Å². The van der Waals surface area contributed by atoms with E-state index in [1.54, 1.807) is 0 Å². The molecule has 102 valence electrons. The van der Waals surface area contributed by atoms with Gasteiger partial charge in [-0.3, -0.25) is 0 Å². The van der Waals surface area contributed by atoms with Crippen molar-refractivity contribution in [3.63, 3.8) is 0 Å². The monoisotopic (exact) mass is 271 g/mol. The summed E-state index contributed by atoms with van der Waals surface area (Å²) in [5, 5.41) is 12.9. The Kier molecular flexibility index (Phi) is 3.48. The number of aliphatic hydroxyl groups is 1. The highest BCUT2D eigenvalue weighted by Gasteiger charge is 2.29. The zero-order valence-corrected chi connectivity index (χ0v) is 9.85. The maximum absolute atomic E-state index is 12.4. The molecule has 3 N–H and O–H groups in total. The Morgan fingerprint density at radius 1 is 1.21 bits per heavy atom. The number of aliphatic hydroxyl groups excluding tert-OH is 1. The second-order valence-corrected chi connectivity index (χ2v) is 4.07. The van der Waals surface area contributed by atoms with Crippen molar-refractivity contribution in [1.29, 1.82) is 0 Å². The van der Waals surface area contributed by atoms with Gasteiger partial charge in [0.2, 0.25) is 0 Å². The molecule has 0 atom stereocenters. The zero-order chi connectivity index (χ0) is 14.0. The number of aromatic nitrogens is 2. The van der Waals surface area contributed by atoms with Gasteiger partial charge in [0.05, 0.1) is 24.9 Å². The second kappa shape index (κ2) is 4.93. The van der Waals surface area contributed by atoms with Crippen LogP contribution in [-0.2, 0) is 19.3 Å². The summed E-state index contributed by atoms with van der Waals surface area (Å²) in [6.45, 7) is 0.0306. The number of nitrogen functional groups attached to an aromatic ring is 1. The van der Waals surface area contributed by atoms with E-state index in [0.29, 0.717) is 16.9 Å². The second-order valence-electron chi connectivity index (χ2n) is 4.07. The molecule has 2 rings (SSSR count). The van der Waals surface area contributed by atoms with Gasteiger partial charge < -0.3 is 10.8 Å². The minimum absolute atomic E-state index is 0.223. The number of alkyl halides is 3. The Bertz CT molecular complexity index is 561. The SMILES string of the molecule is Nc1c(CO)cnn1Cc1ccc(C(F)(F)F)cc1. The molecule has 0 saturated carbocycles. The fourth-order valence-corrected chi connectivity index (χ4v) is 1.65. The third kappa shape index (κ3) is 2.87. The number of halogens is 3. The van der Waals surface area contributed by atoms with Crippen molar-refractivity contribution in [3.05, 3.63) is 47.2 Å². The lowest BCUT2D eigenvalue weighted by Gasteiger charge is -2.08. The van der Waals surface area contributed by atoms with Gasteiger partial charge in [-0.15, -0.1) is 0 Å². The molecule has 7 heteroatoms. The van der Waals surface area contributed by atoms with E-state index in [1.165, 1.54) is 23.0 Å². The molecular formula is C12H12F3N3O. The van der Waals surface area contributed by atoms with Crippen LogP contribution < -0.4 is 5.73 Å². The van der Waals surface area contributed by atoms with Gasteiger partial charge in [0.15, 0.2) is 0 Å². The number of nitrogens with two attached hydrogens (primary N) is 1. The Morgan fingerprint density at radius 2 is 1.84 bits per heavy atom. The van der Waals surface area contributed by atoms with Crippen LogP contribution in [0, 0.1) is 0 Å². The van der Waals surface area contributed by atoms with Gasteiger partial charge in [0.1, 0.15) is 5.82 Å². The van der Waals surface area contributed by atoms with Crippen molar-refractivity contribution >= 4 is 5.82 Å². The highest BCUT2D eigenvalue weighted by Crippen LogP contribution is 2.29. The van der Waals surface area contributed by atoms with Gasteiger partial charge in [-0.05, 0) is 17.7 Å². The van der Waals surface area contributed by atoms with Crippen molar-refractivity contribution in [2.75, 3.05) is 5.73 Å². The molecule has 1 aromatic heterocycles. The molecule has 0 unspecified atom stereocenters. The maximum Gasteiger partial charge on any atom is 0.416 e. The fourth-order valence-electron chi connectivity index (χ4n) is 1.65. The largest absolute Gasteiger partial charge is 0.416 e. The lowest BCUT2D eigenvalue weighted by molar-refractivity contribution is -0.137. The average molecular weight is 271 g/mol. The van der Waals surface area contributed by atoms with Crippen LogP contribution in [0.1, 0.15) is 16.7 Å². The van der Waals surface area contributed by atoms with Crippen molar-refractivity contribution in [2.24, 2.45) is 0 Å². The Balaban J connectivity index is 2.17. The first-order valence-corrected chi connectivity index (χ1v) is 5.49. The molecule has 0 saturated heterocycles. The molecule has 1 heterocycles. The van der Waals surface area contributed by atoms with E-state index in [4.69, 9.17) is 10.8 Å². The first kappa shape index (κ1) is 13.4.